The van der Waals surface area contributed by atoms with E-state index in [4.69, 9.17) is 0 Å². The molecule has 80 valence electrons. The van der Waals surface area contributed by atoms with Gasteiger partial charge in [0.15, 0.2) is 5.65 Å². The molecule has 0 saturated carbocycles. The Hall–Kier alpha value is -1.58. The van der Waals surface area contributed by atoms with Crippen LogP contribution in [0, 0.1) is 0 Å². The van der Waals surface area contributed by atoms with Crippen molar-refractivity contribution in [2.24, 2.45) is 0 Å². The molecule has 4 heteroatoms. The first-order valence-electron chi connectivity index (χ1n) is 5.29. The van der Waals surface area contributed by atoms with Crippen LogP contribution in [0.2, 0.25) is 0 Å². The molecule has 2 heterocycles. The molecular formula is C11H16N4. The molecule has 0 spiro atoms. The molecule has 1 N–H and O–H groups in total. The highest BCUT2D eigenvalue weighted by Crippen LogP contribution is 2.18. The number of rotatable bonds is 3. The highest BCUT2D eigenvalue weighted by molar-refractivity contribution is 5.78. The predicted octanol–water partition coefficient (Wildman–Crippen LogP) is 2.44. The Balaban J connectivity index is 2.47. The van der Waals surface area contributed by atoms with Crippen LogP contribution in [0.1, 0.15) is 26.8 Å². The van der Waals surface area contributed by atoms with E-state index in [1.165, 1.54) is 0 Å². The van der Waals surface area contributed by atoms with Gasteiger partial charge in [-0.2, -0.15) is 5.10 Å². The van der Waals surface area contributed by atoms with Crippen LogP contribution in [0.3, 0.4) is 0 Å². The number of pyridine rings is 1. The van der Waals surface area contributed by atoms with E-state index in [9.17, 15) is 0 Å². The summed E-state index contributed by atoms with van der Waals surface area (Å²) < 4.78 is 1.94. The van der Waals surface area contributed by atoms with Gasteiger partial charge in [-0.05, 0) is 26.8 Å². The van der Waals surface area contributed by atoms with Gasteiger partial charge in [0.25, 0.3) is 0 Å². The van der Waals surface area contributed by atoms with Crippen molar-refractivity contribution >= 4 is 16.7 Å². The van der Waals surface area contributed by atoms with Crippen LogP contribution in [0.15, 0.2) is 18.5 Å². The van der Waals surface area contributed by atoms with Crippen LogP contribution >= 0.6 is 0 Å². The summed E-state index contributed by atoms with van der Waals surface area (Å²) in [6, 6.07) is 2.43. The molecule has 2 aromatic heterocycles. The lowest BCUT2D eigenvalue weighted by Crippen LogP contribution is -2.03. The van der Waals surface area contributed by atoms with E-state index >= 15 is 0 Å². The maximum absolute atomic E-state index is 4.42. The lowest BCUT2D eigenvalue weighted by molar-refractivity contribution is 0.546. The summed E-state index contributed by atoms with van der Waals surface area (Å²) in [4.78, 5) is 4.42. The van der Waals surface area contributed by atoms with Gasteiger partial charge < -0.3 is 5.32 Å². The molecule has 0 radical (unpaired) electrons. The van der Waals surface area contributed by atoms with Crippen LogP contribution in [0.5, 0.6) is 0 Å². The van der Waals surface area contributed by atoms with Crippen molar-refractivity contribution in [1.82, 2.24) is 14.8 Å². The second-order valence-electron chi connectivity index (χ2n) is 3.85. The second-order valence-corrected chi connectivity index (χ2v) is 3.85. The minimum Gasteiger partial charge on any atom is -0.384 e. The number of hydrogen-bond acceptors (Lipinski definition) is 3. The number of anilines is 1. The fraction of sp³-hybridized carbons (Fsp3) is 0.455. The van der Waals surface area contributed by atoms with E-state index in [0.717, 1.165) is 23.3 Å². The van der Waals surface area contributed by atoms with Crippen LogP contribution in [0.25, 0.3) is 11.0 Å². The van der Waals surface area contributed by atoms with Gasteiger partial charge in [-0.15, -0.1) is 0 Å². The molecule has 0 saturated heterocycles. The van der Waals surface area contributed by atoms with Crippen LogP contribution in [-0.2, 0) is 0 Å². The molecule has 0 aliphatic heterocycles. The van der Waals surface area contributed by atoms with Gasteiger partial charge in [0.05, 0.1) is 18.1 Å². The molecule has 0 bridgehead atoms. The first-order valence-corrected chi connectivity index (χ1v) is 5.29. The lowest BCUT2D eigenvalue weighted by atomic mass is 10.3. The predicted molar refractivity (Wildman–Crippen MR) is 62.1 cm³/mol. The molecular weight excluding hydrogens is 188 g/mol. The highest BCUT2D eigenvalue weighted by atomic mass is 15.3. The first kappa shape index (κ1) is 9.96. The van der Waals surface area contributed by atoms with E-state index < -0.39 is 0 Å². The fourth-order valence-corrected chi connectivity index (χ4v) is 1.62. The van der Waals surface area contributed by atoms with Crippen molar-refractivity contribution in [2.75, 3.05) is 11.9 Å². The molecule has 0 aliphatic carbocycles. The Labute approximate surface area is 89.3 Å². The molecule has 2 rings (SSSR count). The zero-order valence-corrected chi connectivity index (χ0v) is 9.36. The van der Waals surface area contributed by atoms with Gasteiger partial charge >= 0.3 is 0 Å². The Kier molecular flexibility index (Phi) is 2.58. The Morgan fingerprint density at radius 1 is 1.40 bits per heavy atom. The summed E-state index contributed by atoms with van der Waals surface area (Å²) in [5.41, 5.74) is 2.00. The smallest absolute Gasteiger partial charge is 0.158 e. The largest absolute Gasteiger partial charge is 0.384 e. The lowest BCUT2D eigenvalue weighted by Gasteiger charge is -2.06. The highest BCUT2D eigenvalue weighted by Gasteiger charge is 2.06. The second kappa shape index (κ2) is 3.88. The van der Waals surface area contributed by atoms with Crippen molar-refractivity contribution in [3.63, 3.8) is 0 Å². The first-order chi connectivity index (χ1) is 7.22. The van der Waals surface area contributed by atoms with E-state index in [1.807, 2.05) is 17.1 Å². The summed E-state index contributed by atoms with van der Waals surface area (Å²) in [6.07, 6.45) is 3.72. The summed E-state index contributed by atoms with van der Waals surface area (Å²) >= 11 is 0. The monoisotopic (exact) mass is 204 g/mol. The Morgan fingerprint density at radius 3 is 2.87 bits per heavy atom. The molecule has 0 aliphatic rings. The summed E-state index contributed by atoms with van der Waals surface area (Å²) in [5, 5.41) is 8.65. The third-order valence-corrected chi connectivity index (χ3v) is 2.30. The zero-order valence-electron chi connectivity index (χ0n) is 9.36. The normalized spacial score (nSPS) is 11.2. The molecule has 0 aromatic carbocycles. The Morgan fingerprint density at radius 2 is 2.20 bits per heavy atom. The molecule has 4 nitrogen and oxygen atoms in total. The number of aromatic nitrogens is 3. The summed E-state index contributed by atoms with van der Waals surface area (Å²) in [7, 11) is 0. The van der Waals surface area contributed by atoms with E-state index in [0.29, 0.717) is 6.04 Å². The van der Waals surface area contributed by atoms with Crippen molar-refractivity contribution in [3.05, 3.63) is 18.5 Å². The maximum atomic E-state index is 4.42. The average molecular weight is 204 g/mol. The molecule has 2 aromatic rings. The van der Waals surface area contributed by atoms with Crippen molar-refractivity contribution < 1.29 is 0 Å². The molecule has 0 unspecified atom stereocenters. The molecule has 0 amide bonds. The van der Waals surface area contributed by atoms with Crippen LogP contribution < -0.4 is 5.32 Å². The van der Waals surface area contributed by atoms with Crippen molar-refractivity contribution in [3.8, 4) is 0 Å². The van der Waals surface area contributed by atoms with E-state index in [-0.39, 0.29) is 0 Å². The number of fused-ring (bicyclic) bond motifs is 1. The minimum atomic E-state index is 0.347. The topological polar surface area (TPSA) is 42.7 Å². The van der Waals surface area contributed by atoms with Crippen LogP contribution in [0.4, 0.5) is 5.69 Å². The summed E-state index contributed by atoms with van der Waals surface area (Å²) in [5.74, 6) is 0. The maximum Gasteiger partial charge on any atom is 0.158 e. The minimum absolute atomic E-state index is 0.347. The SMILES string of the molecule is CCNc1cnc2c(cnn2C(C)C)c1. The molecule has 15 heavy (non-hydrogen) atoms. The molecule has 0 fully saturated rings. The number of nitrogens with zero attached hydrogens (tertiary/aromatic N) is 3. The number of hydrogen-bond donors (Lipinski definition) is 1. The Bertz CT molecular complexity index is 459. The molecule has 0 atom stereocenters. The van der Waals surface area contributed by atoms with Crippen molar-refractivity contribution in [1.29, 1.82) is 0 Å². The quantitative estimate of drug-likeness (QED) is 0.835. The van der Waals surface area contributed by atoms with Gasteiger partial charge in [0, 0.05) is 18.0 Å². The van der Waals surface area contributed by atoms with E-state index in [1.54, 1.807) is 0 Å². The van der Waals surface area contributed by atoms with Gasteiger partial charge in [-0.25, -0.2) is 9.67 Å². The fourth-order valence-electron chi connectivity index (χ4n) is 1.62. The van der Waals surface area contributed by atoms with Crippen molar-refractivity contribution in [2.45, 2.75) is 26.8 Å². The number of nitrogens with one attached hydrogen (secondary N) is 1. The van der Waals surface area contributed by atoms with Gasteiger partial charge in [-0.1, -0.05) is 0 Å². The van der Waals surface area contributed by atoms with Gasteiger partial charge in [0.1, 0.15) is 0 Å². The third kappa shape index (κ3) is 1.79. The summed E-state index contributed by atoms with van der Waals surface area (Å²) in [6.45, 7) is 7.19. The van der Waals surface area contributed by atoms with Gasteiger partial charge in [-0.3, -0.25) is 0 Å². The average Bonchev–Trinajstić information content (AvgIpc) is 2.61. The third-order valence-electron chi connectivity index (χ3n) is 2.30. The van der Waals surface area contributed by atoms with E-state index in [2.05, 4.69) is 42.2 Å². The zero-order chi connectivity index (χ0) is 10.8. The standard InChI is InChI=1S/C11H16N4/c1-4-12-10-5-9-6-14-15(8(2)3)11(9)13-7-10/h5-8,12H,4H2,1-3H3. The van der Waals surface area contributed by atoms with Gasteiger partial charge in [0.2, 0.25) is 0 Å². The van der Waals surface area contributed by atoms with Crippen LogP contribution in [-0.4, -0.2) is 21.3 Å².